The van der Waals surface area contributed by atoms with Crippen molar-refractivity contribution >= 4 is 33.7 Å². The largest absolute Gasteiger partial charge is 0.487 e. The van der Waals surface area contributed by atoms with E-state index in [0.717, 1.165) is 27.2 Å². The van der Waals surface area contributed by atoms with Crippen LogP contribution in [0.5, 0.6) is 5.75 Å². The second kappa shape index (κ2) is 7.82. The number of hydrogen-bond acceptors (Lipinski definition) is 4. The Hall–Kier alpha value is -3.18. The lowest BCUT2D eigenvalue weighted by molar-refractivity contribution is 0.0992. The molecule has 0 atom stereocenters. The quantitative estimate of drug-likeness (QED) is 0.456. The summed E-state index contributed by atoms with van der Waals surface area (Å²) >= 11 is 1.60. The van der Waals surface area contributed by atoms with Gasteiger partial charge in [0.2, 0.25) is 0 Å². The Morgan fingerprint density at radius 1 is 1.04 bits per heavy atom. The fraction of sp³-hybridized carbons (Fsp3) is 0.130. The molecule has 0 saturated carbocycles. The van der Waals surface area contributed by atoms with Crippen molar-refractivity contribution in [3.8, 4) is 5.75 Å². The third-order valence-corrected chi connectivity index (χ3v) is 5.38. The van der Waals surface area contributed by atoms with Crippen LogP contribution in [0, 0.1) is 6.92 Å². The molecule has 0 spiro atoms. The average molecular weight is 388 g/mol. The van der Waals surface area contributed by atoms with Crippen LogP contribution in [0.15, 0.2) is 72.1 Å². The standard InChI is InChI=1S/C23H20N2O2S/c1-16-24-20(15-28-16)14-27-22-9-5-8-19(13-22)23(26)25(2)21-11-10-17-6-3-4-7-18(17)12-21/h3-13,15H,14H2,1-2H3. The van der Waals surface area contributed by atoms with E-state index >= 15 is 0 Å². The van der Waals surface area contributed by atoms with Crippen molar-refractivity contribution in [3.63, 3.8) is 0 Å². The first-order valence-electron chi connectivity index (χ1n) is 9.01. The molecule has 4 aromatic rings. The van der Waals surface area contributed by atoms with Crippen molar-refractivity contribution in [2.24, 2.45) is 0 Å². The number of hydrogen-bond donors (Lipinski definition) is 0. The predicted molar refractivity (Wildman–Crippen MR) is 114 cm³/mol. The van der Waals surface area contributed by atoms with Gasteiger partial charge in [-0.2, -0.15) is 0 Å². The predicted octanol–water partition coefficient (Wildman–Crippen LogP) is 5.46. The molecule has 0 saturated heterocycles. The number of nitrogens with zero attached hydrogens (tertiary/aromatic N) is 2. The summed E-state index contributed by atoms with van der Waals surface area (Å²) in [5.74, 6) is 0.577. The molecule has 3 aromatic carbocycles. The molecule has 1 aromatic heterocycles. The van der Waals surface area contributed by atoms with Crippen LogP contribution in [-0.2, 0) is 6.61 Å². The number of carbonyl (C=O) groups is 1. The second-order valence-corrected chi connectivity index (χ2v) is 7.63. The van der Waals surface area contributed by atoms with Gasteiger partial charge in [-0.1, -0.05) is 36.4 Å². The summed E-state index contributed by atoms with van der Waals surface area (Å²) < 4.78 is 5.81. The zero-order valence-electron chi connectivity index (χ0n) is 15.8. The monoisotopic (exact) mass is 388 g/mol. The van der Waals surface area contributed by atoms with Crippen molar-refractivity contribution in [3.05, 3.63) is 88.4 Å². The molecule has 4 nitrogen and oxygen atoms in total. The first kappa shape index (κ1) is 18.2. The van der Waals surface area contributed by atoms with Gasteiger partial charge < -0.3 is 9.64 Å². The van der Waals surface area contributed by atoms with Crippen LogP contribution in [-0.4, -0.2) is 17.9 Å². The number of anilines is 1. The number of ether oxygens (including phenoxy) is 1. The van der Waals surface area contributed by atoms with Gasteiger partial charge in [0.25, 0.3) is 5.91 Å². The van der Waals surface area contributed by atoms with Crippen molar-refractivity contribution in [1.29, 1.82) is 0 Å². The van der Waals surface area contributed by atoms with E-state index in [2.05, 4.69) is 11.1 Å². The van der Waals surface area contributed by atoms with E-state index in [1.165, 1.54) is 0 Å². The lowest BCUT2D eigenvalue weighted by Crippen LogP contribution is -2.26. The minimum atomic E-state index is -0.0785. The van der Waals surface area contributed by atoms with E-state index in [1.54, 1.807) is 35.4 Å². The molecular formula is C23H20N2O2S. The van der Waals surface area contributed by atoms with E-state index in [0.29, 0.717) is 17.9 Å². The number of thiazole rings is 1. The van der Waals surface area contributed by atoms with Gasteiger partial charge in [-0.05, 0) is 48.0 Å². The number of carbonyl (C=O) groups excluding carboxylic acids is 1. The minimum absolute atomic E-state index is 0.0785. The summed E-state index contributed by atoms with van der Waals surface area (Å²) in [5, 5.41) is 5.26. The Balaban J connectivity index is 1.51. The van der Waals surface area contributed by atoms with Gasteiger partial charge in [-0.25, -0.2) is 4.98 Å². The normalized spacial score (nSPS) is 10.8. The molecule has 0 aliphatic carbocycles. The van der Waals surface area contributed by atoms with E-state index in [9.17, 15) is 4.79 Å². The number of aromatic nitrogens is 1. The van der Waals surface area contributed by atoms with E-state index in [-0.39, 0.29) is 5.91 Å². The van der Waals surface area contributed by atoms with Gasteiger partial charge in [0.05, 0.1) is 10.7 Å². The summed E-state index contributed by atoms with van der Waals surface area (Å²) in [4.78, 5) is 19.0. The summed E-state index contributed by atoms with van der Waals surface area (Å²) in [5.41, 5.74) is 2.34. The molecule has 5 heteroatoms. The van der Waals surface area contributed by atoms with Crippen molar-refractivity contribution in [2.75, 3.05) is 11.9 Å². The van der Waals surface area contributed by atoms with E-state index in [4.69, 9.17) is 4.74 Å². The highest BCUT2D eigenvalue weighted by atomic mass is 32.1. The molecule has 0 aliphatic heterocycles. The highest BCUT2D eigenvalue weighted by Gasteiger charge is 2.15. The molecule has 1 heterocycles. The second-order valence-electron chi connectivity index (χ2n) is 6.57. The number of aryl methyl sites for hydroxylation is 1. The number of fused-ring (bicyclic) bond motifs is 1. The van der Waals surface area contributed by atoms with Crippen LogP contribution in [0.4, 0.5) is 5.69 Å². The fourth-order valence-electron chi connectivity index (χ4n) is 3.05. The summed E-state index contributed by atoms with van der Waals surface area (Å²) in [6, 6.07) is 21.4. The Labute approximate surface area is 168 Å². The molecule has 0 unspecified atom stereocenters. The smallest absolute Gasteiger partial charge is 0.258 e. The summed E-state index contributed by atoms with van der Waals surface area (Å²) in [6.45, 7) is 2.36. The molecule has 28 heavy (non-hydrogen) atoms. The minimum Gasteiger partial charge on any atom is -0.487 e. The first-order chi connectivity index (χ1) is 13.6. The Bertz CT molecular complexity index is 1140. The highest BCUT2D eigenvalue weighted by Crippen LogP contribution is 2.24. The van der Waals surface area contributed by atoms with Gasteiger partial charge in [0.15, 0.2) is 0 Å². The SMILES string of the molecule is Cc1nc(COc2cccc(C(=O)N(C)c3ccc4ccccc4c3)c2)cs1. The maximum Gasteiger partial charge on any atom is 0.258 e. The van der Waals surface area contributed by atoms with Crippen molar-refractivity contribution in [1.82, 2.24) is 4.98 Å². The molecule has 4 rings (SSSR count). The lowest BCUT2D eigenvalue weighted by atomic mass is 10.1. The Kier molecular flexibility index (Phi) is 5.08. The van der Waals surface area contributed by atoms with Crippen molar-refractivity contribution in [2.45, 2.75) is 13.5 Å². The zero-order chi connectivity index (χ0) is 19.5. The van der Waals surface area contributed by atoms with E-state index in [1.807, 2.05) is 60.8 Å². The first-order valence-corrected chi connectivity index (χ1v) is 9.89. The Morgan fingerprint density at radius 3 is 2.64 bits per heavy atom. The van der Waals surface area contributed by atoms with Gasteiger partial charge >= 0.3 is 0 Å². The maximum absolute atomic E-state index is 13.0. The van der Waals surface area contributed by atoms with Crippen LogP contribution in [0.1, 0.15) is 21.1 Å². The van der Waals surface area contributed by atoms with Crippen LogP contribution in [0.2, 0.25) is 0 Å². The highest BCUT2D eigenvalue weighted by molar-refractivity contribution is 7.09. The van der Waals surface area contributed by atoms with Crippen molar-refractivity contribution < 1.29 is 9.53 Å². The molecule has 0 aliphatic rings. The van der Waals surface area contributed by atoms with Gasteiger partial charge in [-0.15, -0.1) is 11.3 Å². The lowest BCUT2D eigenvalue weighted by Gasteiger charge is -2.18. The Morgan fingerprint density at radius 2 is 1.86 bits per heavy atom. The topological polar surface area (TPSA) is 42.4 Å². The molecule has 0 fully saturated rings. The molecule has 0 bridgehead atoms. The molecule has 0 N–H and O–H groups in total. The number of benzene rings is 3. The van der Waals surface area contributed by atoms with Crippen LogP contribution < -0.4 is 9.64 Å². The maximum atomic E-state index is 13.0. The third-order valence-electron chi connectivity index (χ3n) is 4.56. The number of amides is 1. The zero-order valence-corrected chi connectivity index (χ0v) is 16.6. The fourth-order valence-corrected chi connectivity index (χ4v) is 3.64. The van der Waals surface area contributed by atoms with Gasteiger partial charge in [-0.3, -0.25) is 4.79 Å². The molecule has 140 valence electrons. The average Bonchev–Trinajstić information content (AvgIpc) is 3.16. The molecular weight excluding hydrogens is 368 g/mol. The molecule has 0 radical (unpaired) electrons. The van der Waals surface area contributed by atoms with Crippen LogP contribution in [0.3, 0.4) is 0 Å². The third kappa shape index (κ3) is 3.89. The van der Waals surface area contributed by atoms with E-state index < -0.39 is 0 Å². The summed E-state index contributed by atoms with van der Waals surface area (Å²) in [6.07, 6.45) is 0. The summed E-state index contributed by atoms with van der Waals surface area (Å²) in [7, 11) is 1.79. The van der Waals surface area contributed by atoms with Crippen LogP contribution >= 0.6 is 11.3 Å². The van der Waals surface area contributed by atoms with Gasteiger partial charge in [0, 0.05) is 23.7 Å². The number of rotatable bonds is 5. The molecule has 1 amide bonds. The van der Waals surface area contributed by atoms with Crippen LogP contribution in [0.25, 0.3) is 10.8 Å². The van der Waals surface area contributed by atoms with Gasteiger partial charge in [0.1, 0.15) is 12.4 Å².